The van der Waals surface area contributed by atoms with Gasteiger partial charge in [0, 0.05) is 28.6 Å². The van der Waals surface area contributed by atoms with E-state index < -0.39 is 23.5 Å². The van der Waals surface area contributed by atoms with Crippen LogP contribution in [-0.4, -0.2) is 7.05 Å². The number of nitrogens with zero attached hydrogens (tertiary/aromatic N) is 3. The summed E-state index contributed by atoms with van der Waals surface area (Å²) in [6.07, 6.45) is -7.46. The van der Waals surface area contributed by atoms with Gasteiger partial charge in [-0.25, -0.2) is 0 Å². The van der Waals surface area contributed by atoms with E-state index in [1.165, 1.54) is 19.2 Å². The molecule has 0 fully saturated rings. The van der Waals surface area contributed by atoms with Crippen molar-refractivity contribution in [3.63, 3.8) is 0 Å². The minimum Gasteiger partial charge on any atom is -0.287 e. The first-order valence-electron chi connectivity index (χ1n) is 9.61. The van der Waals surface area contributed by atoms with Gasteiger partial charge in [0.05, 0.1) is 21.8 Å². The SMILES string of the molecule is CN=c1c2cc(C(F)(F)F)ccc2c2cc3c(cc12)c(=NC#N)c1cc(C(F)(F)F)ccc13. The van der Waals surface area contributed by atoms with Crippen LogP contribution >= 0.6 is 0 Å². The maximum Gasteiger partial charge on any atom is 0.416 e. The monoisotopic (exact) mass is 455 g/mol. The van der Waals surface area contributed by atoms with Gasteiger partial charge in [0.15, 0.2) is 0 Å². The smallest absolute Gasteiger partial charge is 0.287 e. The second kappa shape index (κ2) is 6.78. The number of hydrogen-bond donors (Lipinski definition) is 0. The third kappa shape index (κ3) is 3.05. The van der Waals surface area contributed by atoms with Crippen molar-refractivity contribution in [2.45, 2.75) is 12.4 Å². The fourth-order valence-corrected chi connectivity index (χ4v) is 4.44. The van der Waals surface area contributed by atoms with Crippen LogP contribution in [0.4, 0.5) is 26.3 Å². The molecule has 33 heavy (non-hydrogen) atoms. The van der Waals surface area contributed by atoms with Crippen molar-refractivity contribution in [1.82, 2.24) is 0 Å². The lowest BCUT2D eigenvalue weighted by Crippen LogP contribution is -2.06. The molecule has 0 saturated heterocycles. The molecule has 0 spiro atoms. The van der Waals surface area contributed by atoms with Gasteiger partial charge in [0.25, 0.3) is 0 Å². The summed E-state index contributed by atoms with van der Waals surface area (Å²) in [7, 11) is 1.45. The van der Waals surface area contributed by atoms with Crippen LogP contribution in [0.3, 0.4) is 0 Å². The molecule has 0 unspecified atom stereocenters. The minimum atomic E-state index is -4.57. The third-order valence-corrected chi connectivity index (χ3v) is 5.84. The van der Waals surface area contributed by atoms with E-state index in [0.717, 1.165) is 24.3 Å². The van der Waals surface area contributed by atoms with Crippen LogP contribution in [0.25, 0.3) is 43.1 Å². The Morgan fingerprint density at radius 2 is 1.03 bits per heavy atom. The van der Waals surface area contributed by atoms with Crippen molar-refractivity contribution in [1.29, 1.82) is 5.26 Å². The number of hydrogen-bond acceptors (Lipinski definition) is 3. The lowest BCUT2D eigenvalue weighted by Gasteiger charge is -2.06. The fourth-order valence-electron chi connectivity index (χ4n) is 4.44. The second-order valence-corrected chi connectivity index (χ2v) is 7.59. The molecule has 0 atom stereocenters. The summed E-state index contributed by atoms with van der Waals surface area (Å²) < 4.78 is 79.6. The molecule has 164 valence electrons. The van der Waals surface area contributed by atoms with Crippen LogP contribution in [0.5, 0.6) is 0 Å². The molecule has 5 aromatic carbocycles. The molecule has 0 aromatic heterocycles. The molecule has 0 saturated carbocycles. The van der Waals surface area contributed by atoms with Gasteiger partial charge >= 0.3 is 12.4 Å². The van der Waals surface area contributed by atoms with Crippen LogP contribution < -0.4 is 10.7 Å². The highest BCUT2D eigenvalue weighted by molar-refractivity contribution is 6.21. The summed E-state index contributed by atoms with van der Waals surface area (Å²) in [6.45, 7) is 0. The summed E-state index contributed by atoms with van der Waals surface area (Å²) >= 11 is 0. The molecule has 0 heterocycles. The predicted octanol–water partition coefficient (Wildman–Crippen LogP) is 6.12. The van der Waals surface area contributed by atoms with Crippen molar-refractivity contribution in [2.75, 3.05) is 7.05 Å². The zero-order chi connectivity index (χ0) is 23.7. The molecular formula is C24H11F6N3. The number of alkyl halides is 6. The number of halogens is 6. The first kappa shape index (κ1) is 20.9. The van der Waals surface area contributed by atoms with E-state index in [-0.39, 0.29) is 10.7 Å². The molecule has 0 amide bonds. The fraction of sp³-hybridized carbons (Fsp3) is 0.125. The highest BCUT2D eigenvalue weighted by Crippen LogP contribution is 2.37. The van der Waals surface area contributed by atoms with Crippen molar-refractivity contribution in [2.24, 2.45) is 9.98 Å². The summed E-state index contributed by atoms with van der Waals surface area (Å²) in [5.74, 6) is 0. The molecule has 0 aliphatic rings. The predicted molar refractivity (Wildman–Crippen MR) is 112 cm³/mol. The molecule has 3 nitrogen and oxygen atoms in total. The lowest BCUT2D eigenvalue weighted by molar-refractivity contribution is -0.138. The maximum absolute atomic E-state index is 13.3. The van der Waals surface area contributed by atoms with Gasteiger partial charge in [0.2, 0.25) is 6.19 Å². The lowest BCUT2D eigenvalue weighted by atomic mass is 10.1. The van der Waals surface area contributed by atoms with Crippen LogP contribution in [0.2, 0.25) is 0 Å². The average molecular weight is 455 g/mol. The Hall–Kier alpha value is -3.93. The molecule has 5 rings (SSSR count). The Morgan fingerprint density at radius 3 is 1.48 bits per heavy atom. The Labute approximate surface area is 181 Å². The van der Waals surface area contributed by atoms with Gasteiger partial charge in [-0.2, -0.15) is 36.6 Å². The molecule has 9 heteroatoms. The highest BCUT2D eigenvalue weighted by Gasteiger charge is 2.32. The number of fused-ring (bicyclic) bond motifs is 6. The van der Waals surface area contributed by atoms with Gasteiger partial charge in [0.1, 0.15) is 0 Å². The van der Waals surface area contributed by atoms with E-state index in [0.29, 0.717) is 43.1 Å². The number of benzene rings is 3. The summed E-state index contributed by atoms with van der Waals surface area (Å²) in [5, 5.41) is 13.2. The van der Waals surface area contributed by atoms with Gasteiger partial charge in [-0.15, -0.1) is 0 Å². The summed E-state index contributed by atoms with van der Waals surface area (Å²) in [6, 6.07) is 9.96. The largest absolute Gasteiger partial charge is 0.416 e. The topological polar surface area (TPSA) is 48.5 Å². The third-order valence-electron chi connectivity index (χ3n) is 5.84. The first-order valence-corrected chi connectivity index (χ1v) is 9.61. The van der Waals surface area contributed by atoms with Gasteiger partial charge < -0.3 is 0 Å². The van der Waals surface area contributed by atoms with Crippen LogP contribution in [-0.2, 0) is 12.4 Å². The highest BCUT2D eigenvalue weighted by atomic mass is 19.4. The quantitative estimate of drug-likeness (QED) is 0.205. The first-order chi connectivity index (χ1) is 15.5. The normalized spacial score (nSPS) is 14.2. The van der Waals surface area contributed by atoms with Crippen molar-refractivity contribution < 1.29 is 26.3 Å². The molecule has 0 aliphatic carbocycles. The number of nitriles is 1. The number of rotatable bonds is 0. The Balaban J connectivity index is 1.97. The average Bonchev–Trinajstić information content (AvgIpc) is 3.22. The Bertz CT molecular complexity index is 1760. The van der Waals surface area contributed by atoms with E-state index in [1.807, 2.05) is 0 Å². The molecule has 0 radical (unpaired) electrons. The minimum absolute atomic E-state index is 0.0822. The Morgan fingerprint density at radius 1 is 0.606 bits per heavy atom. The molecule has 0 aliphatic heterocycles. The van der Waals surface area contributed by atoms with Crippen molar-refractivity contribution >= 4 is 43.1 Å². The molecule has 0 N–H and O–H groups in total. The summed E-state index contributed by atoms with van der Waals surface area (Å²) in [4.78, 5) is 7.95. The zero-order valence-electron chi connectivity index (χ0n) is 16.7. The molecular weight excluding hydrogens is 444 g/mol. The van der Waals surface area contributed by atoms with Gasteiger partial charge in [-0.3, -0.25) is 4.99 Å². The van der Waals surface area contributed by atoms with E-state index in [9.17, 15) is 26.3 Å². The van der Waals surface area contributed by atoms with E-state index in [1.54, 1.807) is 18.3 Å². The Kier molecular flexibility index (Phi) is 4.30. The van der Waals surface area contributed by atoms with Gasteiger partial charge in [-0.05, 0) is 57.9 Å². The van der Waals surface area contributed by atoms with Crippen molar-refractivity contribution in [3.05, 3.63) is 70.4 Å². The van der Waals surface area contributed by atoms with E-state index in [4.69, 9.17) is 5.26 Å². The standard InChI is InChI=1S/C24H11F6N3/c1-32-21-17-6-11(23(25,26)27)2-4-13(17)15-8-16-14-5-3-12(24(28,29)30)7-18(14)22(33-10-31)20(16)9-19(15)21/h2-9H,1H3. The van der Waals surface area contributed by atoms with Crippen molar-refractivity contribution in [3.8, 4) is 6.19 Å². The maximum atomic E-state index is 13.3. The van der Waals surface area contributed by atoms with Crippen LogP contribution in [0.1, 0.15) is 11.1 Å². The second-order valence-electron chi connectivity index (χ2n) is 7.59. The van der Waals surface area contributed by atoms with Crippen LogP contribution in [0, 0.1) is 11.5 Å². The summed E-state index contributed by atoms with van der Waals surface area (Å²) in [5.41, 5.74) is -1.67. The van der Waals surface area contributed by atoms with E-state index in [2.05, 4.69) is 9.98 Å². The molecule has 0 bridgehead atoms. The van der Waals surface area contributed by atoms with E-state index >= 15 is 0 Å². The zero-order valence-corrected chi connectivity index (χ0v) is 16.7. The van der Waals surface area contributed by atoms with Gasteiger partial charge in [-0.1, -0.05) is 12.1 Å². The van der Waals surface area contributed by atoms with Crippen LogP contribution in [0.15, 0.2) is 58.5 Å². The molecule has 5 aromatic rings.